The van der Waals surface area contributed by atoms with Crippen LogP contribution in [0, 0.1) is 0 Å². The summed E-state index contributed by atoms with van der Waals surface area (Å²) >= 11 is 0. The van der Waals surface area contributed by atoms with Crippen LogP contribution in [0.5, 0.6) is 0 Å². The number of rotatable bonds is 7. The van der Waals surface area contributed by atoms with Crippen LogP contribution in [0.1, 0.15) is 35.0 Å². The van der Waals surface area contributed by atoms with Crippen molar-refractivity contribution in [2.45, 2.75) is 18.9 Å². The SMILES string of the molecule is CN(C)C(CNC(=O)c1cnc(N2CCCC2)nc1-c1ccncc1)c1ccco1. The largest absolute Gasteiger partial charge is 0.468 e. The molecule has 4 rings (SSSR count). The third-order valence-corrected chi connectivity index (χ3v) is 5.31. The number of aromatic nitrogens is 3. The van der Waals surface area contributed by atoms with Gasteiger partial charge in [-0.3, -0.25) is 14.7 Å². The van der Waals surface area contributed by atoms with Gasteiger partial charge in [0.1, 0.15) is 5.76 Å². The average molecular weight is 406 g/mol. The number of likely N-dealkylation sites (N-methyl/N-ethyl adjacent to an activating group) is 1. The smallest absolute Gasteiger partial charge is 0.255 e. The second kappa shape index (κ2) is 9.04. The molecule has 0 aromatic carbocycles. The van der Waals surface area contributed by atoms with Crippen molar-refractivity contribution < 1.29 is 9.21 Å². The van der Waals surface area contributed by atoms with Gasteiger partial charge in [-0.25, -0.2) is 9.97 Å². The lowest BCUT2D eigenvalue weighted by atomic mass is 10.1. The number of hydrogen-bond donors (Lipinski definition) is 1. The molecule has 1 unspecified atom stereocenters. The van der Waals surface area contributed by atoms with Gasteiger partial charge in [-0.05, 0) is 51.2 Å². The second-order valence-corrected chi connectivity index (χ2v) is 7.57. The van der Waals surface area contributed by atoms with Crippen molar-refractivity contribution in [3.63, 3.8) is 0 Å². The Morgan fingerprint density at radius 1 is 1.23 bits per heavy atom. The van der Waals surface area contributed by atoms with Gasteiger partial charge in [-0.15, -0.1) is 0 Å². The van der Waals surface area contributed by atoms with Crippen molar-refractivity contribution in [3.05, 3.63) is 60.4 Å². The van der Waals surface area contributed by atoms with E-state index in [1.807, 2.05) is 43.3 Å². The Hall–Kier alpha value is -3.26. The number of nitrogens with one attached hydrogen (secondary N) is 1. The maximum atomic E-state index is 13.1. The van der Waals surface area contributed by atoms with E-state index in [9.17, 15) is 4.79 Å². The van der Waals surface area contributed by atoms with Gasteiger partial charge in [-0.2, -0.15) is 0 Å². The van der Waals surface area contributed by atoms with E-state index >= 15 is 0 Å². The maximum Gasteiger partial charge on any atom is 0.255 e. The zero-order chi connectivity index (χ0) is 20.9. The molecular weight excluding hydrogens is 380 g/mol. The lowest BCUT2D eigenvalue weighted by molar-refractivity contribution is 0.0939. The van der Waals surface area contributed by atoms with E-state index in [4.69, 9.17) is 9.40 Å². The fourth-order valence-electron chi connectivity index (χ4n) is 3.64. The number of hydrogen-bond acceptors (Lipinski definition) is 7. The van der Waals surface area contributed by atoms with E-state index in [0.717, 1.165) is 37.3 Å². The molecule has 0 aliphatic carbocycles. The Morgan fingerprint density at radius 3 is 2.67 bits per heavy atom. The highest BCUT2D eigenvalue weighted by molar-refractivity contribution is 5.99. The minimum atomic E-state index is -0.215. The molecule has 1 aliphatic heterocycles. The topological polar surface area (TPSA) is 87.4 Å². The molecular formula is C22H26N6O2. The third-order valence-electron chi connectivity index (χ3n) is 5.31. The minimum Gasteiger partial charge on any atom is -0.468 e. The van der Waals surface area contributed by atoms with Gasteiger partial charge in [0, 0.05) is 43.8 Å². The minimum absolute atomic E-state index is 0.0712. The molecule has 0 bridgehead atoms. The molecule has 1 aliphatic rings. The van der Waals surface area contributed by atoms with Crippen molar-refractivity contribution in [1.29, 1.82) is 0 Å². The number of furan rings is 1. The van der Waals surface area contributed by atoms with Crippen molar-refractivity contribution in [2.24, 2.45) is 0 Å². The fourth-order valence-corrected chi connectivity index (χ4v) is 3.64. The van der Waals surface area contributed by atoms with Gasteiger partial charge in [0.15, 0.2) is 0 Å². The number of anilines is 1. The number of amides is 1. The Kier molecular flexibility index (Phi) is 6.04. The summed E-state index contributed by atoms with van der Waals surface area (Å²) in [4.78, 5) is 30.6. The summed E-state index contributed by atoms with van der Waals surface area (Å²) in [5.41, 5.74) is 1.90. The lowest BCUT2D eigenvalue weighted by Gasteiger charge is -2.23. The molecule has 1 saturated heterocycles. The predicted molar refractivity (Wildman–Crippen MR) is 114 cm³/mol. The van der Waals surface area contributed by atoms with Gasteiger partial charge < -0.3 is 14.6 Å². The van der Waals surface area contributed by atoms with Crippen LogP contribution in [0.2, 0.25) is 0 Å². The first-order chi connectivity index (χ1) is 14.6. The number of nitrogens with zero attached hydrogens (tertiary/aromatic N) is 5. The Morgan fingerprint density at radius 2 is 2.00 bits per heavy atom. The van der Waals surface area contributed by atoms with Crippen LogP contribution >= 0.6 is 0 Å². The standard InChI is InChI=1S/C22H26N6O2/c1-27(2)18(19-6-5-13-30-19)15-24-21(29)17-14-25-22(28-11-3-4-12-28)26-20(17)16-7-9-23-10-8-16/h5-10,13-14,18H,3-4,11-12,15H2,1-2H3,(H,24,29). The van der Waals surface area contributed by atoms with E-state index in [1.54, 1.807) is 24.9 Å². The summed E-state index contributed by atoms with van der Waals surface area (Å²) in [5, 5.41) is 3.02. The van der Waals surface area contributed by atoms with E-state index < -0.39 is 0 Å². The van der Waals surface area contributed by atoms with E-state index in [1.165, 1.54) is 0 Å². The van der Waals surface area contributed by atoms with Crippen LogP contribution in [0.25, 0.3) is 11.3 Å². The normalized spacial score (nSPS) is 14.8. The van der Waals surface area contributed by atoms with Gasteiger partial charge in [0.05, 0.1) is 23.6 Å². The van der Waals surface area contributed by atoms with Gasteiger partial charge >= 0.3 is 0 Å². The number of carbonyl (C=O) groups is 1. The molecule has 0 radical (unpaired) electrons. The molecule has 8 heteroatoms. The zero-order valence-electron chi connectivity index (χ0n) is 17.3. The summed E-state index contributed by atoms with van der Waals surface area (Å²) in [6, 6.07) is 7.40. The summed E-state index contributed by atoms with van der Waals surface area (Å²) in [6.45, 7) is 2.28. The van der Waals surface area contributed by atoms with Crippen molar-refractivity contribution in [1.82, 2.24) is 25.2 Å². The predicted octanol–water partition coefficient (Wildman–Crippen LogP) is 2.76. The molecule has 0 saturated carbocycles. The molecule has 0 spiro atoms. The highest BCUT2D eigenvalue weighted by Gasteiger charge is 2.23. The van der Waals surface area contributed by atoms with Gasteiger partial charge in [-0.1, -0.05) is 0 Å². The Balaban J connectivity index is 1.59. The van der Waals surface area contributed by atoms with Crippen molar-refractivity contribution in [3.8, 4) is 11.3 Å². The van der Waals surface area contributed by atoms with Crippen molar-refractivity contribution >= 4 is 11.9 Å². The zero-order valence-corrected chi connectivity index (χ0v) is 17.3. The third kappa shape index (κ3) is 4.33. The van der Waals surface area contributed by atoms with Gasteiger partial charge in [0.2, 0.25) is 5.95 Å². The number of carbonyl (C=O) groups excluding carboxylic acids is 1. The monoisotopic (exact) mass is 406 g/mol. The van der Waals surface area contributed by atoms with E-state index in [-0.39, 0.29) is 11.9 Å². The quantitative estimate of drug-likeness (QED) is 0.645. The fraction of sp³-hybridized carbons (Fsp3) is 0.364. The molecule has 3 aromatic rings. The van der Waals surface area contributed by atoms with E-state index in [2.05, 4.69) is 20.2 Å². The second-order valence-electron chi connectivity index (χ2n) is 7.57. The summed E-state index contributed by atoms with van der Waals surface area (Å²) in [7, 11) is 3.91. The molecule has 8 nitrogen and oxygen atoms in total. The first-order valence-corrected chi connectivity index (χ1v) is 10.1. The summed E-state index contributed by atoms with van der Waals surface area (Å²) in [6.07, 6.45) is 8.94. The summed E-state index contributed by atoms with van der Waals surface area (Å²) in [5.74, 6) is 1.25. The van der Waals surface area contributed by atoms with Crippen LogP contribution in [-0.4, -0.2) is 59.5 Å². The molecule has 1 fully saturated rings. The van der Waals surface area contributed by atoms with Gasteiger partial charge in [0.25, 0.3) is 5.91 Å². The molecule has 1 atom stereocenters. The average Bonchev–Trinajstić information content (AvgIpc) is 3.48. The molecule has 1 N–H and O–H groups in total. The Bertz CT molecular complexity index is 969. The van der Waals surface area contributed by atoms with Crippen LogP contribution in [0.4, 0.5) is 5.95 Å². The summed E-state index contributed by atoms with van der Waals surface area (Å²) < 4.78 is 5.53. The highest BCUT2D eigenvalue weighted by Crippen LogP contribution is 2.25. The van der Waals surface area contributed by atoms with Crippen LogP contribution in [0.15, 0.2) is 53.5 Å². The molecule has 30 heavy (non-hydrogen) atoms. The van der Waals surface area contributed by atoms with Crippen LogP contribution in [-0.2, 0) is 0 Å². The number of pyridine rings is 1. The maximum absolute atomic E-state index is 13.1. The Labute approximate surface area is 176 Å². The lowest BCUT2D eigenvalue weighted by Crippen LogP contribution is -2.35. The molecule has 4 heterocycles. The molecule has 1 amide bonds. The van der Waals surface area contributed by atoms with E-state index in [0.29, 0.717) is 23.8 Å². The van der Waals surface area contributed by atoms with Crippen LogP contribution < -0.4 is 10.2 Å². The first-order valence-electron chi connectivity index (χ1n) is 10.1. The highest BCUT2D eigenvalue weighted by atomic mass is 16.3. The first kappa shape index (κ1) is 20.0. The molecule has 156 valence electrons. The molecule has 3 aromatic heterocycles. The van der Waals surface area contributed by atoms with Crippen LogP contribution in [0.3, 0.4) is 0 Å². The van der Waals surface area contributed by atoms with Crippen molar-refractivity contribution in [2.75, 3.05) is 38.6 Å².